The average molecular weight is 257 g/mol. The van der Waals surface area contributed by atoms with Crippen molar-refractivity contribution < 1.29 is 0 Å². The molecule has 102 valence electrons. The number of aryl methyl sites for hydroxylation is 2. The van der Waals surface area contributed by atoms with Gasteiger partial charge in [-0.25, -0.2) is 0 Å². The number of nitrogens with zero attached hydrogens (tertiary/aromatic N) is 2. The van der Waals surface area contributed by atoms with Crippen LogP contribution in [0.5, 0.6) is 0 Å². The van der Waals surface area contributed by atoms with E-state index in [-0.39, 0.29) is 0 Å². The Morgan fingerprint density at radius 3 is 2.53 bits per heavy atom. The highest BCUT2D eigenvalue weighted by molar-refractivity contribution is 5.63. The van der Waals surface area contributed by atoms with Gasteiger partial charge in [0.15, 0.2) is 0 Å². The first-order valence-corrected chi connectivity index (χ1v) is 7.07. The van der Waals surface area contributed by atoms with Crippen LogP contribution in [0.3, 0.4) is 0 Å². The molecular weight excluding hydrogens is 234 g/mol. The number of benzene rings is 1. The molecule has 0 aliphatic rings. The van der Waals surface area contributed by atoms with Crippen molar-refractivity contribution in [2.24, 2.45) is 7.05 Å². The quantitative estimate of drug-likeness (QED) is 0.861. The molecule has 0 saturated carbocycles. The molecule has 2 rings (SSSR count). The van der Waals surface area contributed by atoms with Crippen LogP contribution in [0.2, 0.25) is 0 Å². The van der Waals surface area contributed by atoms with Crippen LogP contribution in [-0.4, -0.2) is 16.3 Å². The molecule has 19 heavy (non-hydrogen) atoms. The van der Waals surface area contributed by atoms with E-state index >= 15 is 0 Å². The fraction of sp³-hybridized carbons (Fsp3) is 0.438. The van der Waals surface area contributed by atoms with Gasteiger partial charge in [-0.05, 0) is 18.5 Å². The third kappa shape index (κ3) is 3.44. The highest BCUT2D eigenvalue weighted by Gasteiger charge is 2.09. The van der Waals surface area contributed by atoms with Gasteiger partial charge in [-0.1, -0.05) is 44.5 Å². The van der Waals surface area contributed by atoms with Crippen molar-refractivity contribution in [1.82, 2.24) is 15.1 Å². The maximum Gasteiger partial charge on any atom is 0.0967 e. The van der Waals surface area contributed by atoms with Crippen molar-refractivity contribution in [3.05, 3.63) is 41.6 Å². The first-order chi connectivity index (χ1) is 9.24. The maximum atomic E-state index is 4.59. The molecule has 0 saturated heterocycles. The summed E-state index contributed by atoms with van der Waals surface area (Å²) in [5, 5.41) is 7.95. The van der Waals surface area contributed by atoms with E-state index in [4.69, 9.17) is 0 Å². The SMILES string of the molecule is CCCc1ccc(-c2nn(C)cc2CNCC)cc1. The number of rotatable bonds is 6. The van der Waals surface area contributed by atoms with Gasteiger partial charge in [0.25, 0.3) is 0 Å². The summed E-state index contributed by atoms with van der Waals surface area (Å²) in [5.74, 6) is 0. The minimum Gasteiger partial charge on any atom is -0.313 e. The van der Waals surface area contributed by atoms with Crippen molar-refractivity contribution >= 4 is 0 Å². The number of nitrogens with one attached hydrogen (secondary N) is 1. The summed E-state index contributed by atoms with van der Waals surface area (Å²) in [7, 11) is 1.98. The normalized spacial score (nSPS) is 10.9. The lowest BCUT2D eigenvalue weighted by Gasteiger charge is -2.04. The van der Waals surface area contributed by atoms with Gasteiger partial charge in [0.1, 0.15) is 0 Å². The lowest BCUT2D eigenvalue weighted by Crippen LogP contribution is -2.11. The van der Waals surface area contributed by atoms with Crippen molar-refractivity contribution in [3.63, 3.8) is 0 Å². The fourth-order valence-electron chi connectivity index (χ4n) is 2.29. The summed E-state index contributed by atoms with van der Waals surface area (Å²) < 4.78 is 1.89. The number of hydrogen-bond acceptors (Lipinski definition) is 2. The van der Waals surface area contributed by atoms with E-state index in [0.29, 0.717) is 0 Å². The molecule has 0 unspecified atom stereocenters. The van der Waals surface area contributed by atoms with Gasteiger partial charge in [0.2, 0.25) is 0 Å². The zero-order valence-electron chi connectivity index (χ0n) is 12.1. The van der Waals surface area contributed by atoms with E-state index in [9.17, 15) is 0 Å². The van der Waals surface area contributed by atoms with Crippen LogP contribution < -0.4 is 5.32 Å². The van der Waals surface area contributed by atoms with E-state index < -0.39 is 0 Å². The van der Waals surface area contributed by atoms with Crippen molar-refractivity contribution in [3.8, 4) is 11.3 Å². The van der Waals surface area contributed by atoms with E-state index in [1.807, 2.05) is 11.7 Å². The van der Waals surface area contributed by atoms with Crippen LogP contribution in [0, 0.1) is 0 Å². The molecule has 3 heteroatoms. The highest BCUT2D eigenvalue weighted by atomic mass is 15.3. The van der Waals surface area contributed by atoms with Gasteiger partial charge in [-0.3, -0.25) is 4.68 Å². The Morgan fingerprint density at radius 2 is 1.89 bits per heavy atom. The molecular formula is C16H23N3. The lowest BCUT2D eigenvalue weighted by molar-refractivity contribution is 0.724. The van der Waals surface area contributed by atoms with E-state index in [1.165, 1.54) is 23.1 Å². The molecule has 1 aromatic carbocycles. The van der Waals surface area contributed by atoms with Gasteiger partial charge >= 0.3 is 0 Å². The van der Waals surface area contributed by atoms with Crippen molar-refractivity contribution in [2.75, 3.05) is 6.54 Å². The summed E-state index contributed by atoms with van der Waals surface area (Å²) in [6.45, 7) is 6.18. The molecule has 1 heterocycles. The molecule has 1 N–H and O–H groups in total. The molecule has 0 fully saturated rings. The van der Waals surface area contributed by atoms with E-state index in [1.54, 1.807) is 0 Å². The molecule has 2 aromatic rings. The molecule has 0 radical (unpaired) electrons. The van der Waals surface area contributed by atoms with Crippen LogP contribution in [-0.2, 0) is 20.0 Å². The van der Waals surface area contributed by atoms with Crippen molar-refractivity contribution in [2.45, 2.75) is 33.2 Å². The van der Waals surface area contributed by atoms with Gasteiger partial charge in [0, 0.05) is 30.9 Å². The third-order valence-corrected chi connectivity index (χ3v) is 3.24. The first-order valence-electron chi connectivity index (χ1n) is 7.07. The fourth-order valence-corrected chi connectivity index (χ4v) is 2.29. The Kier molecular flexibility index (Phi) is 4.74. The predicted octanol–water partition coefficient (Wildman–Crippen LogP) is 3.15. The zero-order chi connectivity index (χ0) is 13.7. The van der Waals surface area contributed by atoms with Gasteiger partial charge in [-0.2, -0.15) is 5.10 Å². The second-order valence-electron chi connectivity index (χ2n) is 4.90. The highest BCUT2D eigenvalue weighted by Crippen LogP contribution is 2.22. The van der Waals surface area contributed by atoms with Crippen LogP contribution in [0.4, 0.5) is 0 Å². The summed E-state index contributed by atoms with van der Waals surface area (Å²) in [6, 6.07) is 8.79. The summed E-state index contributed by atoms with van der Waals surface area (Å²) in [4.78, 5) is 0. The van der Waals surface area contributed by atoms with Crippen LogP contribution in [0.15, 0.2) is 30.5 Å². The van der Waals surface area contributed by atoms with Gasteiger partial charge in [-0.15, -0.1) is 0 Å². The molecule has 0 aliphatic carbocycles. The minimum atomic E-state index is 0.871. The third-order valence-electron chi connectivity index (χ3n) is 3.24. The molecule has 3 nitrogen and oxygen atoms in total. The minimum absolute atomic E-state index is 0.871. The number of hydrogen-bond donors (Lipinski definition) is 1. The molecule has 1 aromatic heterocycles. The second-order valence-corrected chi connectivity index (χ2v) is 4.90. The van der Waals surface area contributed by atoms with Crippen LogP contribution in [0.25, 0.3) is 11.3 Å². The summed E-state index contributed by atoms with van der Waals surface area (Å²) >= 11 is 0. The van der Waals surface area contributed by atoms with E-state index in [0.717, 1.165) is 25.2 Å². The zero-order valence-corrected chi connectivity index (χ0v) is 12.1. The van der Waals surface area contributed by atoms with E-state index in [2.05, 4.69) is 54.7 Å². The number of aromatic nitrogens is 2. The van der Waals surface area contributed by atoms with Crippen molar-refractivity contribution in [1.29, 1.82) is 0 Å². The predicted molar refractivity (Wildman–Crippen MR) is 80.0 cm³/mol. The molecule has 0 atom stereocenters. The largest absolute Gasteiger partial charge is 0.313 e. The molecule has 0 bridgehead atoms. The smallest absolute Gasteiger partial charge is 0.0967 e. The van der Waals surface area contributed by atoms with Gasteiger partial charge < -0.3 is 5.32 Å². The average Bonchev–Trinajstić information content (AvgIpc) is 2.79. The Bertz CT molecular complexity index is 511. The van der Waals surface area contributed by atoms with Crippen LogP contribution >= 0.6 is 0 Å². The second kappa shape index (κ2) is 6.53. The Labute approximate surface area is 115 Å². The first kappa shape index (κ1) is 13.8. The monoisotopic (exact) mass is 257 g/mol. The standard InChI is InChI=1S/C16H23N3/c1-4-6-13-7-9-14(10-8-13)16-15(11-17-5-2)12-19(3)18-16/h7-10,12,17H,4-6,11H2,1-3H3. The molecule has 0 aliphatic heterocycles. The van der Waals surface area contributed by atoms with Crippen LogP contribution in [0.1, 0.15) is 31.4 Å². The summed E-state index contributed by atoms with van der Waals surface area (Å²) in [6.07, 6.45) is 4.43. The Balaban J connectivity index is 2.24. The Hall–Kier alpha value is -1.61. The molecule has 0 amide bonds. The Morgan fingerprint density at radius 1 is 1.16 bits per heavy atom. The lowest BCUT2D eigenvalue weighted by atomic mass is 10.0. The maximum absolute atomic E-state index is 4.59. The van der Waals surface area contributed by atoms with Gasteiger partial charge in [0.05, 0.1) is 5.69 Å². The summed E-state index contributed by atoms with van der Waals surface area (Å²) in [5.41, 5.74) is 4.95. The topological polar surface area (TPSA) is 29.9 Å². The molecule has 0 spiro atoms.